The number of amides is 1. The predicted molar refractivity (Wildman–Crippen MR) is 63.6 cm³/mol. The fourth-order valence-electron chi connectivity index (χ4n) is 1.36. The van der Waals surface area contributed by atoms with E-state index in [1.165, 1.54) is 26.2 Å². The number of hydrogen-bond acceptors (Lipinski definition) is 4. The maximum Gasteiger partial charge on any atom is 0.328 e. The number of rotatable bonds is 5. The van der Waals surface area contributed by atoms with Crippen molar-refractivity contribution in [2.75, 3.05) is 7.11 Å². The molecule has 0 aliphatic carbocycles. The summed E-state index contributed by atoms with van der Waals surface area (Å²) in [6.07, 6.45) is -1.18. The molecule has 0 unspecified atom stereocenters. The van der Waals surface area contributed by atoms with Gasteiger partial charge in [-0.15, -0.1) is 0 Å². The molecular weight excluding hydrogens is 238 g/mol. The van der Waals surface area contributed by atoms with E-state index in [2.05, 4.69) is 5.32 Å². The van der Waals surface area contributed by atoms with Crippen LogP contribution in [0.4, 0.5) is 0 Å². The third kappa shape index (κ3) is 3.46. The third-order valence-corrected chi connectivity index (χ3v) is 2.39. The molecule has 6 nitrogen and oxygen atoms in total. The lowest BCUT2D eigenvalue weighted by Gasteiger charge is -2.17. The molecule has 1 aromatic rings. The van der Waals surface area contributed by atoms with Gasteiger partial charge < -0.3 is 20.3 Å². The number of benzene rings is 1. The van der Waals surface area contributed by atoms with Crippen LogP contribution in [0.3, 0.4) is 0 Å². The van der Waals surface area contributed by atoms with Crippen LogP contribution in [0.25, 0.3) is 0 Å². The second-order valence-electron chi connectivity index (χ2n) is 3.76. The van der Waals surface area contributed by atoms with Crippen molar-refractivity contribution in [3.05, 3.63) is 29.8 Å². The van der Waals surface area contributed by atoms with E-state index in [4.69, 9.17) is 9.84 Å². The standard InChI is InChI=1S/C12H15NO5/c1-7(14)10(12(16)17)13-11(15)8-3-5-9(18-2)6-4-8/h3-7,10,14H,1-2H3,(H,13,15)(H,16,17)/t7-,10+/m1/s1. The number of carbonyl (C=O) groups is 2. The largest absolute Gasteiger partial charge is 0.497 e. The highest BCUT2D eigenvalue weighted by atomic mass is 16.5. The van der Waals surface area contributed by atoms with Crippen molar-refractivity contribution in [1.82, 2.24) is 5.32 Å². The van der Waals surface area contributed by atoms with Crippen LogP contribution in [-0.4, -0.2) is 41.3 Å². The van der Waals surface area contributed by atoms with Gasteiger partial charge in [0.1, 0.15) is 5.75 Å². The molecule has 1 amide bonds. The first-order valence-electron chi connectivity index (χ1n) is 5.31. The summed E-state index contributed by atoms with van der Waals surface area (Å²) in [6.45, 7) is 1.30. The lowest BCUT2D eigenvalue weighted by molar-refractivity contribution is -0.141. The zero-order valence-electron chi connectivity index (χ0n) is 10.1. The molecule has 98 valence electrons. The molecule has 2 atom stereocenters. The van der Waals surface area contributed by atoms with Gasteiger partial charge in [0.25, 0.3) is 5.91 Å². The molecular formula is C12H15NO5. The molecule has 1 aromatic carbocycles. The number of aliphatic hydroxyl groups is 1. The van der Waals surface area contributed by atoms with Gasteiger partial charge in [-0.25, -0.2) is 4.79 Å². The van der Waals surface area contributed by atoms with Crippen LogP contribution in [0.15, 0.2) is 24.3 Å². The van der Waals surface area contributed by atoms with Gasteiger partial charge >= 0.3 is 5.97 Å². The van der Waals surface area contributed by atoms with Crippen LogP contribution < -0.4 is 10.1 Å². The highest BCUT2D eigenvalue weighted by Crippen LogP contribution is 2.11. The minimum atomic E-state index is -1.33. The number of methoxy groups -OCH3 is 1. The van der Waals surface area contributed by atoms with E-state index < -0.39 is 24.0 Å². The van der Waals surface area contributed by atoms with Gasteiger partial charge in [0.2, 0.25) is 0 Å². The van der Waals surface area contributed by atoms with E-state index >= 15 is 0 Å². The SMILES string of the molecule is COc1ccc(C(=O)N[C@H](C(=O)O)[C@@H](C)O)cc1. The number of hydrogen-bond donors (Lipinski definition) is 3. The first-order valence-corrected chi connectivity index (χ1v) is 5.31. The maximum atomic E-state index is 11.7. The van der Waals surface area contributed by atoms with Crippen LogP contribution in [-0.2, 0) is 4.79 Å². The molecule has 0 bridgehead atoms. The van der Waals surface area contributed by atoms with Crippen LogP contribution in [0.5, 0.6) is 5.75 Å². The number of ether oxygens (including phenoxy) is 1. The van der Waals surface area contributed by atoms with E-state index in [0.717, 1.165) is 0 Å². The van der Waals surface area contributed by atoms with Crippen molar-refractivity contribution in [2.24, 2.45) is 0 Å². The second kappa shape index (κ2) is 6.02. The molecule has 1 rings (SSSR count). The number of nitrogens with one attached hydrogen (secondary N) is 1. The Bertz CT molecular complexity index is 427. The van der Waals surface area contributed by atoms with Crippen LogP contribution in [0.1, 0.15) is 17.3 Å². The highest BCUT2D eigenvalue weighted by molar-refractivity contribution is 5.96. The molecule has 0 saturated heterocycles. The molecule has 3 N–H and O–H groups in total. The zero-order valence-corrected chi connectivity index (χ0v) is 10.1. The second-order valence-corrected chi connectivity index (χ2v) is 3.76. The molecule has 0 spiro atoms. The lowest BCUT2D eigenvalue weighted by atomic mass is 10.1. The number of aliphatic carboxylic acids is 1. The molecule has 0 heterocycles. The summed E-state index contributed by atoms with van der Waals surface area (Å²) in [6, 6.07) is 4.87. The van der Waals surface area contributed by atoms with E-state index in [1.54, 1.807) is 12.1 Å². The average Bonchev–Trinajstić information content (AvgIpc) is 2.35. The molecule has 18 heavy (non-hydrogen) atoms. The van der Waals surface area contributed by atoms with Gasteiger partial charge in [-0.2, -0.15) is 0 Å². The summed E-state index contributed by atoms with van der Waals surface area (Å²) in [5.41, 5.74) is 0.294. The molecule has 0 aliphatic heterocycles. The van der Waals surface area contributed by atoms with E-state index in [1.807, 2.05) is 0 Å². The Morgan fingerprint density at radius 2 is 1.83 bits per heavy atom. The van der Waals surface area contributed by atoms with Crippen LogP contribution >= 0.6 is 0 Å². The summed E-state index contributed by atoms with van der Waals surface area (Å²) in [7, 11) is 1.50. The molecule has 0 aliphatic rings. The molecule has 0 aromatic heterocycles. The van der Waals surface area contributed by atoms with Crippen molar-refractivity contribution in [1.29, 1.82) is 0 Å². The number of carboxylic acid groups (broad SMARTS) is 1. The Morgan fingerprint density at radius 3 is 2.22 bits per heavy atom. The smallest absolute Gasteiger partial charge is 0.328 e. The van der Waals surface area contributed by atoms with Crippen LogP contribution in [0, 0.1) is 0 Å². The predicted octanol–water partition coefficient (Wildman–Crippen LogP) is 0.259. The Balaban J connectivity index is 2.77. The molecule has 6 heteroatoms. The van der Waals surface area contributed by atoms with Crippen molar-refractivity contribution < 1.29 is 24.5 Å². The quantitative estimate of drug-likeness (QED) is 0.699. The topological polar surface area (TPSA) is 95.9 Å². The lowest BCUT2D eigenvalue weighted by Crippen LogP contribution is -2.47. The van der Waals surface area contributed by atoms with Gasteiger partial charge in [-0.3, -0.25) is 4.79 Å². The minimum Gasteiger partial charge on any atom is -0.497 e. The maximum absolute atomic E-state index is 11.7. The Kier molecular flexibility index (Phi) is 4.67. The minimum absolute atomic E-state index is 0.294. The first kappa shape index (κ1) is 14.0. The Labute approximate surface area is 104 Å². The third-order valence-electron chi connectivity index (χ3n) is 2.39. The first-order chi connectivity index (χ1) is 8.45. The highest BCUT2D eigenvalue weighted by Gasteiger charge is 2.25. The summed E-state index contributed by atoms with van der Waals surface area (Å²) in [5.74, 6) is -1.25. The fraction of sp³-hybridized carbons (Fsp3) is 0.333. The Morgan fingerprint density at radius 1 is 1.28 bits per heavy atom. The molecule has 0 radical (unpaired) electrons. The number of aliphatic hydroxyl groups excluding tert-OH is 1. The van der Waals surface area contributed by atoms with Crippen molar-refractivity contribution in [2.45, 2.75) is 19.1 Å². The molecule has 0 saturated carbocycles. The van der Waals surface area contributed by atoms with Crippen molar-refractivity contribution in [3.8, 4) is 5.75 Å². The molecule has 0 fully saturated rings. The van der Waals surface area contributed by atoms with Gasteiger partial charge in [0, 0.05) is 5.56 Å². The van der Waals surface area contributed by atoms with Gasteiger partial charge in [-0.05, 0) is 31.2 Å². The number of carboxylic acids is 1. The van der Waals surface area contributed by atoms with E-state index in [9.17, 15) is 14.7 Å². The van der Waals surface area contributed by atoms with Gasteiger partial charge in [-0.1, -0.05) is 0 Å². The van der Waals surface area contributed by atoms with Crippen molar-refractivity contribution in [3.63, 3.8) is 0 Å². The summed E-state index contributed by atoms with van der Waals surface area (Å²) in [5, 5.41) is 20.3. The Hall–Kier alpha value is -2.08. The van der Waals surface area contributed by atoms with Crippen LogP contribution in [0.2, 0.25) is 0 Å². The summed E-state index contributed by atoms with van der Waals surface area (Å²) < 4.78 is 4.94. The normalized spacial score (nSPS) is 13.5. The fourth-order valence-corrected chi connectivity index (χ4v) is 1.36. The average molecular weight is 253 g/mol. The van der Waals surface area contributed by atoms with E-state index in [-0.39, 0.29) is 0 Å². The van der Waals surface area contributed by atoms with Gasteiger partial charge in [0.15, 0.2) is 6.04 Å². The zero-order chi connectivity index (χ0) is 13.7. The van der Waals surface area contributed by atoms with E-state index in [0.29, 0.717) is 11.3 Å². The number of carbonyl (C=O) groups excluding carboxylic acids is 1. The summed E-state index contributed by atoms with van der Waals surface area (Å²) >= 11 is 0. The van der Waals surface area contributed by atoms with Gasteiger partial charge in [0.05, 0.1) is 13.2 Å². The monoisotopic (exact) mass is 253 g/mol. The van der Waals surface area contributed by atoms with Crippen molar-refractivity contribution >= 4 is 11.9 Å². The summed E-state index contributed by atoms with van der Waals surface area (Å²) in [4.78, 5) is 22.6.